The van der Waals surface area contributed by atoms with Crippen molar-refractivity contribution < 1.29 is 128 Å². The molecule has 0 radical (unpaired) electrons. The van der Waals surface area contributed by atoms with E-state index in [1.54, 1.807) is 16.0 Å². The Bertz CT molecular complexity index is 5760. The number of hydrogen-bond donors (Lipinski definition) is 0. The van der Waals surface area contributed by atoms with Crippen LogP contribution in [0.4, 0.5) is 89.1 Å². The molecule has 8 fully saturated rings. The molecular weight excluding hydrogens is 1790 g/mol. The maximum absolute atomic E-state index is 14.6. The first-order valence-electron chi connectivity index (χ1n) is 40.4. The van der Waals surface area contributed by atoms with Crippen molar-refractivity contribution in [3.63, 3.8) is 0 Å². The standard InChI is InChI=1S/C21H22F3N3O3S.C21H23F2N3O3S.2C20H20F5N3O4S/c22-16-2-4-20(25-12-16)26-7-8-27(21(28)14-5-9-31(29,30)10-6-14)19(13-26)15-1-3-17(23)18(24)11-15;22-17-5-4-16(13-18(17)23)19-14-25(20-3-1-2-8-24-20)9-10-26(19)21(27)15-6-11-30(28,29)12-7-15;21-13-1-2-14(15(22)9-13)16-11-27(18-10-17(32-26-18)20(23,24)25)5-6-28(16)19(29)12-3-7-33(30,31)8-4-12;21-14-2-1-13(9-15(14)22)16-11-27(18-10-17(32-26-18)20(23,24)25)5-6-28(16)19(29)12-3-7-33(30,31)8-4-12/h1-4,11-12,14,19H,5-10,13H2;1-5,8,13,15,19H,6-7,9-12,14H2;2*1-2,9-10,12,16H,3-8,11H2. The van der Waals surface area contributed by atoms with Gasteiger partial charge in [0.15, 0.2) is 46.5 Å². The summed E-state index contributed by atoms with van der Waals surface area (Å²) in [5.74, 6) is -13.2. The number of amides is 4. The molecule has 0 bridgehead atoms. The Labute approximate surface area is 719 Å². The molecule has 0 N–H and O–H groups in total. The second-order valence-electron chi connectivity index (χ2n) is 32.0. The summed E-state index contributed by atoms with van der Waals surface area (Å²) < 4.78 is 304. The molecular formula is C82H85F15N12O14S4. The Balaban J connectivity index is 0.000000145. The third kappa shape index (κ3) is 23.1. The van der Waals surface area contributed by atoms with Gasteiger partial charge in [-0.3, -0.25) is 19.2 Å². The number of benzene rings is 4. The van der Waals surface area contributed by atoms with Gasteiger partial charge < -0.3 is 48.2 Å². The summed E-state index contributed by atoms with van der Waals surface area (Å²) >= 11 is 0. The van der Waals surface area contributed by atoms with Crippen molar-refractivity contribution in [3.05, 3.63) is 214 Å². The van der Waals surface area contributed by atoms with Gasteiger partial charge in [0.2, 0.25) is 35.1 Å². The van der Waals surface area contributed by atoms with Gasteiger partial charge in [-0.05, 0) is 135 Å². The number of hydrogen-bond acceptors (Lipinski definition) is 22. The molecule has 0 saturated carbocycles. The number of halogens is 15. The minimum absolute atomic E-state index is 0.00239. The number of piperazine rings is 4. The van der Waals surface area contributed by atoms with Gasteiger partial charge in [0.25, 0.3) is 0 Å². The monoisotopic (exact) mass is 1870 g/mol. The van der Waals surface area contributed by atoms with Crippen LogP contribution in [-0.2, 0) is 70.9 Å². The zero-order valence-electron chi connectivity index (χ0n) is 67.4. The van der Waals surface area contributed by atoms with Crippen molar-refractivity contribution in [1.82, 2.24) is 39.9 Å². The van der Waals surface area contributed by atoms with Crippen LogP contribution in [0.5, 0.6) is 0 Å². The second-order valence-corrected chi connectivity index (χ2v) is 41.2. The van der Waals surface area contributed by atoms with E-state index in [0.717, 1.165) is 66.6 Å². The molecule has 127 heavy (non-hydrogen) atoms. The van der Waals surface area contributed by atoms with E-state index in [-0.39, 0.29) is 183 Å². The molecule has 0 aliphatic carbocycles. The summed E-state index contributed by atoms with van der Waals surface area (Å²) in [6.07, 6.45) is -4.97. The van der Waals surface area contributed by atoms with Crippen molar-refractivity contribution in [2.24, 2.45) is 23.7 Å². The summed E-state index contributed by atoms with van der Waals surface area (Å²) in [6.45, 7) is 2.49. The number of rotatable bonds is 12. The van der Waals surface area contributed by atoms with E-state index in [0.29, 0.717) is 68.6 Å². The quantitative estimate of drug-likeness (QED) is 0.103. The van der Waals surface area contributed by atoms with Gasteiger partial charge in [-0.25, -0.2) is 83.2 Å². The maximum Gasteiger partial charge on any atom is 0.452 e. The van der Waals surface area contributed by atoms with Crippen molar-refractivity contribution in [2.45, 2.75) is 87.9 Å². The summed E-state index contributed by atoms with van der Waals surface area (Å²) in [6, 6.07) is 20.3. The fraction of sp³-hybridized carbons (Fsp3) is 0.463. The fourth-order valence-electron chi connectivity index (χ4n) is 16.8. The normalized spacial score (nSPS) is 21.9. The molecule has 4 amide bonds. The number of sulfone groups is 4. The number of aromatic nitrogens is 4. The Kier molecular flexibility index (Phi) is 28.7. The highest BCUT2D eigenvalue weighted by molar-refractivity contribution is 7.92. The van der Waals surface area contributed by atoms with Crippen LogP contribution in [0.3, 0.4) is 0 Å². The van der Waals surface area contributed by atoms with Gasteiger partial charge in [0.1, 0.15) is 68.4 Å². The number of alkyl halides is 6. The summed E-state index contributed by atoms with van der Waals surface area (Å²) in [7, 11) is -12.6. The molecule has 8 aliphatic heterocycles. The van der Waals surface area contributed by atoms with Crippen molar-refractivity contribution in [3.8, 4) is 0 Å². The Hall–Kier alpha value is -10.6. The number of pyridine rings is 2. The number of anilines is 4. The van der Waals surface area contributed by atoms with Crippen LogP contribution in [0.2, 0.25) is 0 Å². The van der Waals surface area contributed by atoms with E-state index in [1.165, 1.54) is 56.0 Å². The van der Waals surface area contributed by atoms with Crippen molar-refractivity contribution >= 4 is 86.2 Å². The molecule has 8 saturated heterocycles. The lowest BCUT2D eigenvalue weighted by Gasteiger charge is -2.43. The van der Waals surface area contributed by atoms with Crippen LogP contribution in [0.25, 0.3) is 0 Å². The van der Waals surface area contributed by atoms with E-state index in [1.807, 2.05) is 28.0 Å². The molecule has 45 heteroatoms. The first kappa shape index (κ1) is 94.1. The second kappa shape index (κ2) is 38.8. The van der Waals surface area contributed by atoms with Gasteiger partial charge in [-0.15, -0.1) is 0 Å². The smallest absolute Gasteiger partial charge is 0.352 e. The van der Waals surface area contributed by atoms with Gasteiger partial charge >= 0.3 is 12.4 Å². The average molecular weight is 1880 g/mol. The maximum atomic E-state index is 14.6. The van der Waals surface area contributed by atoms with Crippen LogP contribution >= 0.6 is 0 Å². The van der Waals surface area contributed by atoms with E-state index in [2.05, 4.69) is 29.3 Å². The third-order valence-corrected chi connectivity index (χ3v) is 30.6. The highest BCUT2D eigenvalue weighted by atomic mass is 32.2. The predicted molar refractivity (Wildman–Crippen MR) is 429 cm³/mol. The molecule has 0 spiro atoms. The number of nitrogens with zero attached hydrogens (tertiary/aromatic N) is 12. The number of carbonyl (C=O) groups is 4. The van der Waals surface area contributed by atoms with Crippen molar-refractivity contribution in [1.29, 1.82) is 0 Å². The summed E-state index contributed by atoms with van der Waals surface area (Å²) in [4.78, 5) is 74.4. The lowest BCUT2D eigenvalue weighted by atomic mass is 9.96. The first-order chi connectivity index (χ1) is 60.0. The molecule has 12 heterocycles. The first-order valence-corrected chi connectivity index (χ1v) is 47.7. The summed E-state index contributed by atoms with van der Waals surface area (Å²) in [5, 5.41) is 6.92. The number of carbonyl (C=O) groups excluding carboxylic acids is 4. The third-order valence-electron chi connectivity index (χ3n) is 23.8. The van der Waals surface area contributed by atoms with Crippen LogP contribution in [0.15, 0.2) is 137 Å². The molecule has 4 aromatic heterocycles. The molecule has 8 aliphatic rings. The van der Waals surface area contributed by atoms with E-state index in [4.69, 9.17) is 0 Å². The lowest BCUT2D eigenvalue weighted by molar-refractivity contribution is -0.156. The van der Waals surface area contributed by atoms with Gasteiger partial charge in [-0.2, -0.15) is 26.3 Å². The van der Waals surface area contributed by atoms with Crippen molar-refractivity contribution in [2.75, 3.05) is 144 Å². The van der Waals surface area contributed by atoms with Gasteiger partial charge in [0.05, 0.1) is 76.4 Å². The molecule has 26 nitrogen and oxygen atoms in total. The van der Waals surface area contributed by atoms with Gasteiger partial charge in [0, 0.05) is 132 Å². The van der Waals surface area contributed by atoms with Crippen LogP contribution in [-0.4, -0.2) is 222 Å². The van der Waals surface area contributed by atoms with E-state index in [9.17, 15) is 119 Å². The topological polar surface area (TPSA) is 309 Å². The zero-order valence-corrected chi connectivity index (χ0v) is 70.7. The van der Waals surface area contributed by atoms with Gasteiger partial charge in [-0.1, -0.05) is 40.6 Å². The average Bonchev–Trinajstić information content (AvgIpc) is 1.72. The van der Waals surface area contributed by atoms with E-state index < -0.39 is 157 Å². The van der Waals surface area contributed by atoms with Crippen LogP contribution in [0, 0.1) is 76.0 Å². The highest BCUT2D eigenvalue weighted by Gasteiger charge is 2.46. The fourth-order valence-corrected chi connectivity index (χ4v) is 22.7. The SMILES string of the molecule is O=C(C1CCS(=O)(=O)CC1)N1CCN(c2cc(C(F)(F)F)on2)CC1c1ccc(F)c(F)c1.O=C(C1CCS(=O)(=O)CC1)N1CCN(c2cc(C(F)(F)F)on2)CC1c1ccc(F)cc1F.O=C(C1CCS(=O)(=O)CC1)N1CCN(c2ccc(F)cn2)CC1c1ccc(F)c(F)c1.O=C(C1CCS(=O)(=O)CC1)N1CCN(c2ccccn2)CC1c1ccc(F)c(F)c1. The Morgan fingerprint density at radius 1 is 0.323 bits per heavy atom. The van der Waals surface area contributed by atoms with E-state index >= 15 is 0 Å². The van der Waals surface area contributed by atoms with Crippen LogP contribution in [0.1, 0.15) is 109 Å². The predicted octanol–water partition coefficient (Wildman–Crippen LogP) is 11.7. The molecule has 8 aromatic rings. The summed E-state index contributed by atoms with van der Waals surface area (Å²) in [5.41, 5.74) is 1.20. The Morgan fingerprint density at radius 3 is 0.929 bits per heavy atom. The lowest BCUT2D eigenvalue weighted by Crippen LogP contribution is -2.53. The molecule has 4 atom stereocenters. The minimum Gasteiger partial charge on any atom is -0.352 e. The molecule has 4 aromatic carbocycles. The van der Waals surface area contributed by atoms with Crippen LogP contribution < -0.4 is 19.6 Å². The molecule has 686 valence electrons. The Morgan fingerprint density at radius 2 is 0.638 bits per heavy atom. The molecule has 4 unspecified atom stereocenters. The highest BCUT2D eigenvalue weighted by Crippen LogP contribution is 2.41. The minimum atomic E-state index is -4.73. The molecule has 16 rings (SSSR count). The largest absolute Gasteiger partial charge is 0.452 e. The zero-order chi connectivity index (χ0) is 91.4.